The summed E-state index contributed by atoms with van der Waals surface area (Å²) in [7, 11) is 1.93. The van der Waals surface area contributed by atoms with Gasteiger partial charge in [-0.3, -0.25) is 19.8 Å². The van der Waals surface area contributed by atoms with Crippen LogP contribution in [-0.2, 0) is 13.5 Å². The summed E-state index contributed by atoms with van der Waals surface area (Å²) in [5.74, 6) is 1.36. The van der Waals surface area contributed by atoms with Crippen molar-refractivity contribution in [2.45, 2.75) is 20.3 Å². The van der Waals surface area contributed by atoms with E-state index in [-0.39, 0.29) is 5.91 Å². The van der Waals surface area contributed by atoms with Gasteiger partial charge in [0.05, 0.1) is 5.69 Å². The number of ether oxygens (including phenoxy) is 2. The second kappa shape index (κ2) is 9.95. The Hall–Kier alpha value is -3.52. The van der Waals surface area contributed by atoms with Crippen molar-refractivity contribution in [1.82, 2.24) is 15.1 Å². The maximum absolute atomic E-state index is 12.8. The largest absolute Gasteiger partial charge is 0.486 e. The van der Waals surface area contributed by atoms with Crippen molar-refractivity contribution in [2.24, 2.45) is 12.0 Å². The van der Waals surface area contributed by atoms with Gasteiger partial charge in [-0.15, -0.1) is 0 Å². The van der Waals surface area contributed by atoms with Gasteiger partial charge in [0, 0.05) is 41.6 Å². The summed E-state index contributed by atoms with van der Waals surface area (Å²) in [4.78, 5) is 17.5. The van der Waals surface area contributed by atoms with Gasteiger partial charge in [-0.05, 0) is 56.2 Å². The molecule has 2 heterocycles. The molecule has 1 amide bonds. The van der Waals surface area contributed by atoms with E-state index in [0.29, 0.717) is 54.2 Å². The minimum atomic E-state index is -0.310. The Kier molecular flexibility index (Phi) is 6.84. The quantitative estimate of drug-likeness (QED) is 0.438. The van der Waals surface area contributed by atoms with E-state index >= 15 is 0 Å². The first-order valence-corrected chi connectivity index (χ1v) is 11.1. The molecule has 1 aromatic heterocycles. The lowest BCUT2D eigenvalue weighted by atomic mass is 10.1. The number of aryl methyl sites for hydroxylation is 2. The number of hydrogen-bond donors (Lipinski definition) is 2. The number of aromatic nitrogens is 2. The number of carbonyl (C=O) groups is 1. The Morgan fingerprint density at radius 1 is 1.15 bits per heavy atom. The zero-order chi connectivity index (χ0) is 23.4. The highest BCUT2D eigenvalue weighted by molar-refractivity contribution is 6.31. The van der Waals surface area contributed by atoms with Crippen molar-refractivity contribution in [3.8, 4) is 11.5 Å². The average Bonchev–Trinajstić information content (AvgIpc) is 3.04. The molecular weight excluding hydrogens is 442 g/mol. The summed E-state index contributed by atoms with van der Waals surface area (Å²) in [6, 6.07) is 12.3. The maximum atomic E-state index is 12.8. The number of fused-ring (bicyclic) bond motifs is 1. The summed E-state index contributed by atoms with van der Waals surface area (Å²) in [5.41, 5.74) is 4.40. The first kappa shape index (κ1) is 22.7. The lowest BCUT2D eigenvalue weighted by Crippen LogP contribution is -2.36. The molecule has 9 heteroatoms. The van der Waals surface area contributed by atoms with E-state index in [1.54, 1.807) is 24.3 Å². The van der Waals surface area contributed by atoms with Crippen molar-refractivity contribution in [3.63, 3.8) is 0 Å². The van der Waals surface area contributed by atoms with Gasteiger partial charge >= 0.3 is 0 Å². The lowest BCUT2D eigenvalue weighted by molar-refractivity contribution is 0.0977. The molecule has 172 valence electrons. The molecule has 0 bridgehead atoms. The molecule has 0 saturated heterocycles. The highest BCUT2D eigenvalue weighted by atomic mass is 35.5. The molecule has 4 rings (SSSR count). The van der Waals surface area contributed by atoms with E-state index in [4.69, 9.17) is 21.1 Å². The fourth-order valence-electron chi connectivity index (χ4n) is 3.64. The van der Waals surface area contributed by atoms with Crippen LogP contribution >= 0.6 is 11.6 Å². The Bertz CT molecular complexity index is 1200. The number of nitrogens with one attached hydrogen (secondary N) is 2. The van der Waals surface area contributed by atoms with E-state index in [1.807, 2.05) is 43.8 Å². The molecule has 2 aromatic carbocycles. The number of anilines is 1. The zero-order valence-electron chi connectivity index (χ0n) is 18.8. The van der Waals surface area contributed by atoms with Crippen LogP contribution in [-0.4, -0.2) is 41.4 Å². The van der Waals surface area contributed by atoms with Gasteiger partial charge < -0.3 is 14.8 Å². The lowest BCUT2D eigenvalue weighted by Gasteiger charge is -2.19. The summed E-state index contributed by atoms with van der Waals surface area (Å²) in [6.45, 7) is 5.51. The van der Waals surface area contributed by atoms with Crippen LogP contribution in [0.1, 0.15) is 27.3 Å². The molecule has 33 heavy (non-hydrogen) atoms. The SMILES string of the molecule is Cc1nn(C)c(C)c1CCN=C(NC(=O)c1cccc(Cl)c1)Nc1ccc2c(c1)OCCO2. The second-order valence-corrected chi connectivity index (χ2v) is 8.14. The number of hydrogen-bond acceptors (Lipinski definition) is 5. The van der Waals surface area contributed by atoms with E-state index < -0.39 is 0 Å². The smallest absolute Gasteiger partial charge is 0.258 e. The molecular formula is C24H26ClN5O3. The molecule has 3 aromatic rings. The minimum Gasteiger partial charge on any atom is -0.486 e. The molecule has 0 saturated carbocycles. The van der Waals surface area contributed by atoms with Crippen LogP contribution in [0.4, 0.5) is 5.69 Å². The molecule has 1 aliphatic rings. The highest BCUT2D eigenvalue weighted by Crippen LogP contribution is 2.32. The van der Waals surface area contributed by atoms with Gasteiger partial charge in [-0.2, -0.15) is 5.10 Å². The van der Waals surface area contributed by atoms with Gasteiger partial charge in [0.15, 0.2) is 11.5 Å². The molecule has 1 aliphatic heterocycles. The first-order valence-electron chi connectivity index (χ1n) is 10.7. The van der Waals surface area contributed by atoms with E-state index in [1.165, 1.54) is 0 Å². The predicted octanol–water partition coefficient (Wildman–Crippen LogP) is 3.90. The van der Waals surface area contributed by atoms with E-state index in [9.17, 15) is 4.79 Å². The van der Waals surface area contributed by atoms with E-state index in [0.717, 1.165) is 22.6 Å². The summed E-state index contributed by atoms with van der Waals surface area (Å²) in [6.07, 6.45) is 0.699. The highest BCUT2D eigenvalue weighted by Gasteiger charge is 2.15. The molecule has 0 spiro atoms. The normalized spacial score (nSPS) is 13.0. The van der Waals surface area contributed by atoms with Crippen molar-refractivity contribution >= 4 is 29.2 Å². The molecule has 0 unspecified atom stereocenters. The molecule has 0 radical (unpaired) electrons. The third-order valence-corrected chi connectivity index (χ3v) is 5.65. The average molecular weight is 468 g/mol. The maximum Gasteiger partial charge on any atom is 0.258 e. The molecule has 8 nitrogen and oxygen atoms in total. The van der Waals surface area contributed by atoms with Gasteiger partial charge in [0.1, 0.15) is 13.2 Å². The van der Waals surface area contributed by atoms with Crippen molar-refractivity contribution in [3.05, 3.63) is 70.0 Å². The van der Waals surface area contributed by atoms with Crippen LogP contribution in [0.2, 0.25) is 5.02 Å². The molecule has 0 fully saturated rings. The number of benzene rings is 2. The van der Waals surface area contributed by atoms with E-state index in [2.05, 4.69) is 20.7 Å². The van der Waals surface area contributed by atoms with Crippen LogP contribution in [0.5, 0.6) is 11.5 Å². The molecule has 2 N–H and O–H groups in total. The third kappa shape index (κ3) is 5.46. The van der Waals surface area contributed by atoms with Crippen molar-refractivity contribution in [1.29, 1.82) is 0 Å². The van der Waals surface area contributed by atoms with Crippen LogP contribution in [0.25, 0.3) is 0 Å². The number of rotatable bonds is 5. The van der Waals surface area contributed by atoms with Crippen molar-refractivity contribution < 1.29 is 14.3 Å². The zero-order valence-corrected chi connectivity index (χ0v) is 19.6. The van der Waals surface area contributed by atoms with Crippen molar-refractivity contribution in [2.75, 3.05) is 25.1 Å². The summed E-state index contributed by atoms with van der Waals surface area (Å²) in [5, 5.41) is 11.0. The number of halogens is 1. The van der Waals surface area contributed by atoms with Gasteiger partial charge in [0.2, 0.25) is 5.96 Å². The standard InChI is InChI=1S/C24H26ClN5O3/c1-15-20(16(2)30(3)29-15)9-10-26-24(28-23(31)17-5-4-6-18(25)13-17)27-19-7-8-21-22(14-19)33-12-11-32-21/h4-8,13-14H,9-12H2,1-3H3,(H2,26,27,28,31). The molecule has 0 aliphatic carbocycles. The minimum absolute atomic E-state index is 0.310. The Morgan fingerprint density at radius 3 is 2.67 bits per heavy atom. The van der Waals surface area contributed by atoms with Crippen LogP contribution < -0.4 is 20.1 Å². The van der Waals surface area contributed by atoms with Gasteiger partial charge in [-0.1, -0.05) is 17.7 Å². The first-order chi connectivity index (χ1) is 15.9. The van der Waals surface area contributed by atoms with Gasteiger partial charge in [-0.25, -0.2) is 0 Å². The molecule has 0 atom stereocenters. The number of nitrogens with zero attached hydrogens (tertiary/aromatic N) is 3. The number of aliphatic imine (C=N–C) groups is 1. The predicted molar refractivity (Wildman–Crippen MR) is 129 cm³/mol. The summed E-state index contributed by atoms with van der Waals surface area (Å²) >= 11 is 6.05. The number of guanidine groups is 1. The van der Waals surface area contributed by atoms with Crippen LogP contribution in [0, 0.1) is 13.8 Å². The summed E-state index contributed by atoms with van der Waals surface area (Å²) < 4.78 is 13.1. The monoisotopic (exact) mass is 467 g/mol. The fraction of sp³-hybridized carbons (Fsp3) is 0.292. The number of carbonyl (C=O) groups excluding carboxylic acids is 1. The fourth-order valence-corrected chi connectivity index (χ4v) is 3.83. The van der Waals surface area contributed by atoms with Gasteiger partial charge in [0.25, 0.3) is 5.91 Å². The Morgan fingerprint density at radius 2 is 1.94 bits per heavy atom. The third-order valence-electron chi connectivity index (χ3n) is 5.41. The topological polar surface area (TPSA) is 89.8 Å². The number of amides is 1. The van der Waals surface area contributed by atoms with Crippen LogP contribution in [0.15, 0.2) is 47.5 Å². The van der Waals surface area contributed by atoms with Crippen LogP contribution in [0.3, 0.4) is 0 Å². The Balaban J connectivity index is 1.54. The Labute approximate surface area is 197 Å². The second-order valence-electron chi connectivity index (χ2n) is 7.70.